The zero-order valence-corrected chi connectivity index (χ0v) is 11.1. The monoisotopic (exact) mass is 270 g/mol. The lowest BCUT2D eigenvalue weighted by Crippen LogP contribution is -2.36. The Bertz CT molecular complexity index is 426. The molecule has 0 unspecified atom stereocenters. The van der Waals surface area contributed by atoms with E-state index in [9.17, 15) is 4.39 Å². The number of halogens is 1. The van der Waals surface area contributed by atoms with Crippen LogP contribution in [-0.2, 0) is 4.74 Å². The molecule has 0 heterocycles. The van der Waals surface area contributed by atoms with E-state index in [0.717, 1.165) is 6.42 Å². The van der Waals surface area contributed by atoms with Crippen LogP contribution >= 0.6 is 0 Å². The highest BCUT2D eigenvalue weighted by atomic mass is 19.1. The predicted molar refractivity (Wildman–Crippen MR) is 72.7 cm³/mol. The first-order valence-corrected chi connectivity index (χ1v) is 5.81. The molecule has 6 nitrogen and oxygen atoms in total. The highest BCUT2D eigenvalue weighted by Crippen LogP contribution is 2.20. The maximum Gasteiger partial charge on any atom is 0.210 e. The minimum absolute atomic E-state index is 0.239. The zero-order valence-electron chi connectivity index (χ0n) is 11.1. The highest BCUT2D eigenvalue weighted by molar-refractivity contribution is 5.93. The van der Waals surface area contributed by atoms with Crippen LogP contribution in [0.1, 0.15) is 6.42 Å². The summed E-state index contributed by atoms with van der Waals surface area (Å²) in [5, 5.41) is 2.77. The van der Waals surface area contributed by atoms with Crippen LogP contribution in [0.2, 0.25) is 0 Å². The molecule has 0 saturated carbocycles. The Labute approximate surface area is 111 Å². The number of hydrazine groups is 1. The second kappa shape index (κ2) is 8.28. The van der Waals surface area contributed by atoms with Crippen LogP contribution in [0.4, 0.5) is 10.1 Å². The van der Waals surface area contributed by atoms with Gasteiger partial charge in [-0.1, -0.05) is 0 Å². The third-order valence-corrected chi connectivity index (χ3v) is 2.34. The summed E-state index contributed by atoms with van der Waals surface area (Å²) >= 11 is 0. The van der Waals surface area contributed by atoms with Crippen molar-refractivity contribution in [3.8, 4) is 5.75 Å². The molecule has 0 spiro atoms. The number of methoxy groups -OCH3 is 2. The van der Waals surface area contributed by atoms with Crippen LogP contribution in [0.5, 0.6) is 5.75 Å². The molecule has 4 N–H and O–H groups in total. The van der Waals surface area contributed by atoms with Crippen molar-refractivity contribution in [2.24, 2.45) is 10.8 Å². The zero-order chi connectivity index (χ0) is 14.1. The molecule has 0 aliphatic heterocycles. The standard InChI is InChI=1S/C12H19FN4O2/c1-18-7-3-6-15-12(17-14)16-11-8-9(19-2)4-5-10(11)13/h4-5,8H,3,6-7,14H2,1-2H3,(H2,15,16,17). The first-order valence-electron chi connectivity index (χ1n) is 5.81. The molecule has 1 aromatic carbocycles. The summed E-state index contributed by atoms with van der Waals surface area (Å²) in [5.74, 6) is 5.73. The molecule has 106 valence electrons. The Hall–Kier alpha value is -1.86. The molecule has 0 aliphatic carbocycles. The number of nitrogens with zero attached hydrogens (tertiary/aromatic N) is 1. The van der Waals surface area contributed by atoms with Crippen molar-refractivity contribution in [2.45, 2.75) is 6.42 Å². The average molecular weight is 270 g/mol. The molecule has 0 fully saturated rings. The number of benzene rings is 1. The third-order valence-electron chi connectivity index (χ3n) is 2.34. The van der Waals surface area contributed by atoms with Crippen molar-refractivity contribution in [1.82, 2.24) is 5.43 Å². The molecule has 1 aromatic rings. The van der Waals surface area contributed by atoms with Gasteiger partial charge >= 0.3 is 0 Å². The van der Waals surface area contributed by atoms with E-state index in [2.05, 4.69) is 15.7 Å². The molecule has 0 aromatic heterocycles. The smallest absolute Gasteiger partial charge is 0.210 e. The summed E-state index contributed by atoms with van der Waals surface area (Å²) in [5.41, 5.74) is 2.62. The van der Waals surface area contributed by atoms with Crippen LogP contribution in [0.3, 0.4) is 0 Å². The van der Waals surface area contributed by atoms with E-state index in [1.54, 1.807) is 7.11 Å². The molecule has 7 heteroatoms. The molecular formula is C12H19FN4O2. The van der Waals surface area contributed by atoms with Crippen molar-refractivity contribution >= 4 is 11.6 Å². The van der Waals surface area contributed by atoms with E-state index in [1.807, 2.05) is 0 Å². The van der Waals surface area contributed by atoms with Crippen LogP contribution in [0, 0.1) is 5.82 Å². The summed E-state index contributed by atoms with van der Waals surface area (Å²) in [4.78, 5) is 4.15. The fourth-order valence-electron chi connectivity index (χ4n) is 1.38. The first-order chi connectivity index (χ1) is 9.21. The SMILES string of the molecule is COCCCN=C(NN)Nc1cc(OC)ccc1F. The second-order valence-corrected chi connectivity index (χ2v) is 3.69. The summed E-state index contributed by atoms with van der Waals surface area (Å²) in [6, 6.07) is 4.36. The summed E-state index contributed by atoms with van der Waals surface area (Å²) in [6.07, 6.45) is 0.754. The van der Waals surface area contributed by atoms with Crippen LogP contribution in [0.15, 0.2) is 23.2 Å². The van der Waals surface area contributed by atoms with E-state index < -0.39 is 5.82 Å². The van der Waals surface area contributed by atoms with Gasteiger partial charge < -0.3 is 14.8 Å². The van der Waals surface area contributed by atoms with E-state index in [1.165, 1.54) is 25.3 Å². The predicted octanol–water partition coefficient (Wildman–Crippen LogP) is 1.10. The normalized spacial score (nSPS) is 11.3. The molecule has 0 radical (unpaired) electrons. The fraction of sp³-hybridized carbons (Fsp3) is 0.417. The van der Waals surface area contributed by atoms with Crippen molar-refractivity contribution in [3.63, 3.8) is 0 Å². The number of hydrogen-bond acceptors (Lipinski definition) is 4. The molecule has 19 heavy (non-hydrogen) atoms. The largest absolute Gasteiger partial charge is 0.497 e. The maximum atomic E-state index is 13.6. The van der Waals surface area contributed by atoms with E-state index in [-0.39, 0.29) is 11.6 Å². The Morgan fingerprint density at radius 1 is 1.42 bits per heavy atom. The Morgan fingerprint density at radius 2 is 2.21 bits per heavy atom. The molecule has 0 amide bonds. The number of hydrogen-bond donors (Lipinski definition) is 3. The van der Waals surface area contributed by atoms with Gasteiger partial charge in [-0.3, -0.25) is 10.4 Å². The Balaban J connectivity index is 2.69. The lowest BCUT2D eigenvalue weighted by molar-refractivity contribution is 0.197. The van der Waals surface area contributed by atoms with Gasteiger partial charge in [0.05, 0.1) is 12.8 Å². The van der Waals surface area contributed by atoms with Gasteiger partial charge in [0.1, 0.15) is 11.6 Å². The highest BCUT2D eigenvalue weighted by Gasteiger charge is 2.06. The van der Waals surface area contributed by atoms with Crippen LogP contribution in [-0.4, -0.2) is 33.3 Å². The quantitative estimate of drug-likeness (QED) is 0.237. The molecular weight excluding hydrogens is 251 g/mol. The number of rotatable bonds is 6. The maximum absolute atomic E-state index is 13.6. The lowest BCUT2D eigenvalue weighted by atomic mass is 10.3. The van der Waals surface area contributed by atoms with Crippen LogP contribution < -0.4 is 21.3 Å². The van der Waals surface area contributed by atoms with Gasteiger partial charge in [-0.2, -0.15) is 0 Å². The molecule has 0 bridgehead atoms. The van der Waals surface area contributed by atoms with Gasteiger partial charge in [0.2, 0.25) is 5.96 Å². The van der Waals surface area contributed by atoms with Crippen molar-refractivity contribution in [1.29, 1.82) is 0 Å². The van der Waals surface area contributed by atoms with E-state index in [4.69, 9.17) is 15.3 Å². The fourth-order valence-corrected chi connectivity index (χ4v) is 1.38. The van der Waals surface area contributed by atoms with Gasteiger partial charge in [-0.15, -0.1) is 0 Å². The van der Waals surface area contributed by atoms with Gasteiger partial charge in [0.15, 0.2) is 0 Å². The second-order valence-electron chi connectivity index (χ2n) is 3.69. The first kappa shape index (κ1) is 15.2. The van der Waals surface area contributed by atoms with E-state index in [0.29, 0.717) is 18.9 Å². The number of guanidine groups is 1. The van der Waals surface area contributed by atoms with Gasteiger partial charge in [0, 0.05) is 26.3 Å². The summed E-state index contributed by atoms with van der Waals surface area (Å²) < 4.78 is 23.5. The van der Waals surface area contributed by atoms with Crippen LogP contribution in [0.25, 0.3) is 0 Å². The molecule has 0 atom stereocenters. The number of nitrogens with one attached hydrogen (secondary N) is 2. The summed E-state index contributed by atoms with van der Waals surface area (Å²) in [6.45, 7) is 1.13. The minimum atomic E-state index is -0.416. The van der Waals surface area contributed by atoms with Crippen molar-refractivity contribution < 1.29 is 13.9 Å². The minimum Gasteiger partial charge on any atom is -0.497 e. The Kier molecular flexibility index (Phi) is 6.62. The average Bonchev–Trinajstić information content (AvgIpc) is 2.44. The molecule has 1 rings (SSSR count). The molecule has 0 aliphatic rings. The number of ether oxygens (including phenoxy) is 2. The topological polar surface area (TPSA) is 80.9 Å². The number of nitrogens with two attached hydrogens (primary N) is 1. The van der Waals surface area contributed by atoms with E-state index >= 15 is 0 Å². The third kappa shape index (κ3) is 5.11. The molecule has 0 saturated heterocycles. The number of aliphatic imine (C=N–C) groups is 1. The van der Waals surface area contributed by atoms with Crippen molar-refractivity contribution in [3.05, 3.63) is 24.0 Å². The summed E-state index contributed by atoms with van der Waals surface area (Å²) in [7, 11) is 3.13. The van der Waals surface area contributed by atoms with Gasteiger partial charge in [-0.25, -0.2) is 10.2 Å². The van der Waals surface area contributed by atoms with Gasteiger partial charge in [0.25, 0.3) is 0 Å². The van der Waals surface area contributed by atoms with Crippen molar-refractivity contribution in [2.75, 3.05) is 32.7 Å². The lowest BCUT2D eigenvalue weighted by Gasteiger charge is -2.11. The van der Waals surface area contributed by atoms with Gasteiger partial charge in [-0.05, 0) is 18.6 Å². The Morgan fingerprint density at radius 3 is 2.84 bits per heavy atom. The number of anilines is 1.